The first kappa shape index (κ1) is 11.5. The van der Waals surface area contributed by atoms with Crippen LogP contribution >= 0.6 is 0 Å². The topological polar surface area (TPSA) is 12.0 Å². The normalized spacial score (nSPS) is 26.7. The van der Waals surface area contributed by atoms with E-state index in [1.807, 2.05) is 30.3 Å². The minimum atomic E-state index is -4.13. The third-order valence-corrected chi connectivity index (χ3v) is 2.99. The standard InChI is InChI=1S/C12H14F3N/c13-12(14,15)11-8-4-7-10(16-11)9-5-2-1-3-6-9/h1-3,5-6,10-11,16H,4,7-8H2/t10?,11-/m1/s1. The molecule has 1 saturated heterocycles. The average Bonchev–Trinajstić information content (AvgIpc) is 2.29. The predicted octanol–water partition coefficient (Wildman–Crippen LogP) is 3.43. The highest BCUT2D eigenvalue weighted by Gasteiger charge is 2.42. The quantitative estimate of drug-likeness (QED) is 0.777. The summed E-state index contributed by atoms with van der Waals surface area (Å²) in [5, 5.41) is 2.68. The fourth-order valence-electron chi connectivity index (χ4n) is 2.14. The molecule has 0 saturated carbocycles. The van der Waals surface area contributed by atoms with Crippen LogP contribution in [0.25, 0.3) is 0 Å². The van der Waals surface area contributed by atoms with Crippen LogP contribution in [0.5, 0.6) is 0 Å². The second-order valence-electron chi connectivity index (χ2n) is 4.16. The van der Waals surface area contributed by atoms with Crippen molar-refractivity contribution in [2.75, 3.05) is 0 Å². The van der Waals surface area contributed by atoms with E-state index in [1.165, 1.54) is 0 Å². The van der Waals surface area contributed by atoms with Crippen molar-refractivity contribution in [3.63, 3.8) is 0 Å². The Morgan fingerprint density at radius 1 is 1.06 bits per heavy atom. The molecule has 0 radical (unpaired) electrons. The molecule has 1 aromatic carbocycles. The Kier molecular flexibility index (Phi) is 3.19. The average molecular weight is 229 g/mol. The zero-order valence-corrected chi connectivity index (χ0v) is 8.80. The molecule has 0 aliphatic carbocycles. The molecule has 0 spiro atoms. The van der Waals surface area contributed by atoms with E-state index in [4.69, 9.17) is 0 Å². The number of hydrogen-bond donors (Lipinski definition) is 1. The molecule has 2 rings (SSSR count). The number of piperidine rings is 1. The molecule has 1 aliphatic rings. The molecule has 1 heterocycles. The monoisotopic (exact) mass is 229 g/mol. The van der Waals surface area contributed by atoms with E-state index in [1.54, 1.807) is 0 Å². The van der Waals surface area contributed by atoms with Gasteiger partial charge in [-0.2, -0.15) is 13.2 Å². The molecular formula is C12H14F3N. The van der Waals surface area contributed by atoms with Crippen LogP contribution in [0.15, 0.2) is 30.3 Å². The molecule has 1 nitrogen and oxygen atoms in total. The van der Waals surface area contributed by atoms with Gasteiger partial charge in [0.1, 0.15) is 6.04 Å². The summed E-state index contributed by atoms with van der Waals surface area (Å²) in [5.74, 6) is 0. The van der Waals surface area contributed by atoms with Crippen LogP contribution in [0.2, 0.25) is 0 Å². The molecule has 4 heteroatoms. The second kappa shape index (κ2) is 4.45. The van der Waals surface area contributed by atoms with Crippen LogP contribution in [-0.2, 0) is 0 Å². The molecular weight excluding hydrogens is 215 g/mol. The summed E-state index contributed by atoms with van der Waals surface area (Å²) < 4.78 is 37.7. The van der Waals surface area contributed by atoms with E-state index < -0.39 is 12.2 Å². The molecule has 16 heavy (non-hydrogen) atoms. The third-order valence-electron chi connectivity index (χ3n) is 2.99. The van der Waals surface area contributed by atoms with Crippen molar-refractivity contribution in [2.45, 2.75) is 37.5 Å². The summed E-state index contributed by atoms with van der Waals surface area (Å²) in [6.45, 7) is 0. The van der Waals surface area contributed by atoms with Crippen molar-refractivity contribution in [3.05, 3.63) is 35.9 Å². The van der Waals surface area contributed by atoms with Crippen molar-refractivity contribution < 1.29 is 13.2 Å². The predicted molar refractivity (Wildman–Crippen MR) is 56.0 cm³/mol. The van der Waals surface area contributed by atoms with Crippen molar-refractivity contribution in [1.82, 2.24) is 5.32 Å². The maximum Gasteiger partial charge on any atom is 0.403 e. The van der Waals surface area contributed by atoms with E-state index in [0.717, 1.165) is 12.0 Å². The molecule has 1 fully saturated rings. The molecule has 1 N–H and O–H groups in total. The van der Waals surface area contributed by atoms with Gasteiger partial charge in [0.2, 0.25) is 0 Å². The van der Waals surface area contributed by atoms with Gasteiger partial charge >= 0.3 is 6.18 Å². The minimum Gasteiger partial charge on any atom is -0.299 e. The Bertz CT molecular complexity index is 334. The largest absolute Gasteiger partial charge is 0.403 e. The fourth-order valence-corrected chi connectivity index (χ4v) is 2.14. The van der Waals surface area contributed by atoms with Crippen molar-refractivity contribution in [2.24, 2.45) is 0 Å². The summed E-state index contributed by atoms with van der Waals surface area (Å²) >= 11 is 0. The van der Waals surface area contributed by atoms with E-state index in [9.17, 15) is 13.2 Å². The van der Waals surface area contributed by atoms with Crippen LogP contribution in [0, 0.1) is 0 Å². The van der Waals surface area contributed by atoms with Gasteiger partial charge in [0.15, 0.2) is 0 Å². The van der Waals surface area contributed by atoms with Crippen LogP contribution < -0.4 is 5.32 Å². The lowest BCUT2D eigenvalue weighted by molar-refractivity contribution is -0.163. The number of halogens is 3. The summed E-state index contributed by atoms with van der Waals surface area (Å²) in [7, 11) is 0. The number of alkyl halides is 3. The van der Waals surface area contributed by atoms with E-state index in [2.05, 4.69) is 5.32 Å². The van der Waals surface area contributed by atoms with Crippen LogP contribution in [0.4, 0.5) is 13.2 Å². The highest BCUT2D eigenvalue weighted by molar-refractivity contribution is 5.19. The summed E-state index contributed by atoms with van der Waals surface area (Å²) in [4.78, 5) is 0. The molecule has 0 bridgehead atoms. The van der Waals surface area contributed by atoms with Gasteiger partial charge in [-0.25, -0.2) is 0 Å². The Hall–Kier alpha value is -1.03. The smallest absolute Gasteiger partial charge is 0.299 e. The lowest BCUT2D eigenvalue weighted by Crippen LogP contribution is -2.46. The van der Waals surface area contributed by atoms with Gasteiger partial charge in [0.05, 0.1) is 0 Å². The van der Waals surface area contributed by atoms with E-state index in [0.29, 0.717) is 6.42 Å². The second-order valence-corrected chi connectivity index (χ2v) is 4.16. The Balaban J connectivity index is 2.08. The van der Waals surface area contributed by atoms with Gasteiger partial charge in [-0.15, -0.1) is 0 Å². The molecule has 1 aromatic rings. The van der Waals surface area contributed by atoms with Crippen LogP contribution in [-0.4, -0.2) is 12.2 Å². The highest BCUT2D eigenvalue weighted by Crippen LogP contribution is 2.32. The lowest BCUT2D eigenvalue weighted by Gasteiger charge is -2.32. The molecule has 0 aromatic heterocycles. The first-order valence-corrected chi connectivity index (χ1v) is 5.45. The molecule has 0 amide bonds. The summed E-state index contributed by atoms with van der Waals surface area (Å²) in [6.07, 6.45) is -2.55. The van der Waals surface area contributed by atoms with Gasteiger partial charge in [0.25, 0.3) is 0 Å². The van der Waals surface area contributed by atoms with Gasteiger partial charge in [-0.05, 0) is 24.8 Å². The summed E-state index contributed by atoms with van der Waals surface area (Å²) in [5.41, 5.74) is 0.941. The molecule has 1 aliphatic heterocycles. The molecule has 88 valence electrons. The van der Waals surface area contributed by atoms with Crippen molar-refractivity contribution >= 4 is 0 Å². The number of rotatable bonds is 1. The highest BCUT2D eigenvalue weighted by atomic mass is 19.4. The van der Waals surface area contributed by atoms with Crippen LogP contribution in [0.3, 0.4) is 0 Å². The Morgan fingerprint density at radius 3 is 2.38 bits per heavy atom. The van der Waals surface area contributed by atoms with Crippen LogP contribution in [0.1, 0.15) is 30.9 Å². The first-order valence-electron chi connectivity index (χ1n) is 5.45. The summed E-state index contributed by atoms with van der Waals surface area (Å²) in [6, 6.07) is 7.80. The zero-order valence-electron chi connectivity index (χ0n) is 8.80. The van der Waals surface area contributed by atoms with Crippen molar-refractivity contribution in [3.8, 4) is 0 Å². The minimum absolute atomic E-state index is 0.165. The number of nitrogens with one attached hydrogen (secondary N) is 1. The fraction of sp³-hybridized carbons (Fsp3) is 0.500. The van der Waals surface area contributed by atoms with Gasteiger partial charge in [-0.3, -0.25) is 5.32 Å². The third kappa shape index (κ3) is 2.55. The maximum atomic E-state index is 12.6. The van der Waals surface area contributed by atoms with Crippen molar-refractivity contribution in [1.29, 1.82) is 0 Å². The van der Waals surface area contributed by atoms with E-state index in [-0.39, 0.29) is 12.5 Å². The van der Waals surface area contributed by atoms with Gasteiger partial charge in [-0.1, -0.05) is 30.3 Å². The zero-order chi connectivity index (χ0) is 11.6. The Morgan fingerprint density at radius 2 is 1.75 bits per heavy atom. The first-order chi connectivity index (χ1) is 7.57. The number of benzene rings is 1. The Labute approximate surface area is 92.7 Å². The van der Waals surface area contributed by atoms with Gasteiger partial charge in [0, 0.05) is 6.04 Å². The van der Waals surface area contributed by atoms with E-state index >= 15 is 0 Å². The SMILES string of the molecule is FC(F)(F)[C@H]1CCCC(c2ccccc2)N1. The maximum absolute atomic E-state index is 12.6. The number of hydrogen-bond acceptors (Lipinski definition) is 1. The molecule has 1 unspecified atom stereocenters. The molecule has 2 atom stereocenters. The lowest BCUT2D eigenvalue weighted by atomic mass is 9.93. The van der Waals surface area contributed by atoms with Gasteiger partial charge < -0.3 is 0 Å².